The molecule has 3 aromatic rings. The average molecular weight is 1040 g/mol. The molecule has 0 spiro atoms. The van der Waals surface area contributed by atoms with Crippen LogP contribution in [0.2, 0.25) is 0 Å². The molecule has 0 atom stereocenters. The Morgan fingerprint density at radius 1 is 0.427 bits per heavy atom. The molecule has 0 radical (unpaired) electrons. The first kappa shape index (κ1) is 67.5. The van der Waals surface area contributed by atoms with Crippen LogP contribution in [0.25, 0.3) is 0 Å². The summed E-state index contributed by atoms with van der Waals surface area (Å²) < 4.78 is 11.9. The summed E-state index contributed by atoms with van der Waals surface area (Å²) in [5.41, 5.74) is 4.10. The van der Waals surface area contributed by atoms with Crippen molar-refractivity contribution in [1.29, 1.82) is 0 Å². The Bertz CT molecular complexity index is 1750. The molecule has 0 N–H and O–H groups in total. The Hall–Kier alpha value is -3.64. The van der Waals surface area contributed by atoms with Crippen molar-refractivity contribution < 1.29 is 19.1 Å². The zero-order valence-corrected chi connectivity index (χ0v) is 50.2. The number of carbonyl (C=O) groups is 2. The van der Waals surface area contributed by atoms with Gasteiger partial charge >= 0.3 is 0 Å². The van der Waals surface area contributed by atoms with Crippen LogP contribution >= 0.6 is 0 Å². The summed E-state index contributed by atoms with van der Waals surface area (Å²) in [4.78, 5) is 29.2. The van der Waals surface area contributed by atoms with E-state index in [9.17, 15) is 9.59 Å². The minimum absolute atomic E-state index is 0.120. The van der Waals surface area contributed by atoms with Crippen LogP contribution in [0, 0.1) is 5.41 Å². The fourth-order valence-electron chi connectivity index (χ4n) is 10.6. The van der Waals surface area contributed by atoms with E-state index in [0.29, 0.717) is 45.8 Å². The van der Waals surface area contributed by atoms with Gasteiger partial charge in [0.1, 0.15) is 12.4 Å². The average Bonchev–Trinajstić information content (AvgIpc) is 3.39. The molecule has 0 aliphatic carbocycles. The van der Waals surface area contributed by atoms with Gasteiger partial charge in [0, 0.05) is 39.5 Å². The molecule has 0 bridgehead atoms. The van der Waals surface area contributed by atoms with Gasteiger partial charge in [-0.25, -0.2) is 0 Å². The highest BCUT2D eigenvalue weighted by Gasteiger charge is 2.27. The molecule has 3 rings (SSSR count). The van der Waals surface area contributed by atoms with Crippen LogP contribution in [0.1, 0.15) is 277 Å². The van der Waals surface area contributed by atoms with Crippen LogP contribution in [0.5, 0.6) is 5.75 Å². The first-order valence-electron chi connectivity index (χ1n) is 31.2. The Labute approximate surface area is 463 Å². The van der Waals surface area contributed by atoms with Gasteiger partial charge in [-0.15, -0.1) is 0 Å². The number of unbranched alkanes of at least 4 members (excludes halogenated alkanes) is 28. The van der Waals surface area contributed by atoms with Crippen LogP contribution in [-0.4, -0.2) is 55.0 Å². The maximum Gasteiger partial charge on any atom is 0.222 e. The van der Waals surface area contributed by atoms with E-state index in [1.165, 1.54) is 184 Å². The smallest absolute Gasteiger partial charge is 0.222 e. The van der Waals surface area contributed by atoms with Crippen LogP contribution < -0.4 is 4.74 Å². The highest BCUT2D eigenvalue weighted by Crippen LogP contribution is 2.36. The number of nitrogens with zero attached hydrogens (tertiary/aromatic N) is 2. The van der Waals surface area contributed by atoms with Crippen molar-refractivity contribution in [3.05, 3.63) is 102 Å². The maximum atomic E-state index is 13.2. The molecule has 0 unspecified atom stereocenters. The second-order valence-corrected chi connectivity index (χ2v) is 24.0. The minimum Gasteiger partial charge on any atom is -0.491 e. The van der Waals surface area contributed by atoms with Crippen molar-refractivity contribution >= 4 is 11.8 Å². The molecule has 0 fully saturated rings. The molecule has 0 aliphatic rings. The van der Waals surface area contributed by atoms with E-state index in [0.717, 1.165) is 43.5 Å². The third kappa shape index (κ3) is 37.7. The van der Waals surface area contributed by atoms with Gasteiger partial charge in [-0.2, -0.15) is 0 Å². The monoisotopic (exact) mass is 1040 g/mol. The van der Waals surface area contributed by atoms with Crippen LogP contribution in [-0.2, 0) is 32.8 Å². The van der Waals surface area contributed by atoms with E-state index in [1.807, 2.05) is 53.2 Å². The predicted octanol–water partition coefficient (Wildman–Crippen LogP) is 20.0. The third-order valence-corrected chi connectivity index (χ3v) is 14.9. The number of hydrogen-bond donors (Lipinski definition) is 0. The first-order chi connectivity index (χ1) is 36.3. The topological polar surface area (TPSA) is 59.1 Å². The highest BCUT2D eigenvalue weighted by molar-refractivity contribution is 5.76. The zero-order chi connectivity index (χ0) is 54.5. The molecular weight excluding hydrogens is 921 g/mol. The number of carbonyl (C=O) groups excluding carboxylic acids is 2. The van der Waals surface area contributed by atoms with Crippen molar-refractivity contribution in [2.75, 3.05) is 33.4 Å². The summed E-state index contributed by atoms with van der Waals surface area (Å²) in [6.07, 6.45) is 42.9. The lowest BCUT2D eigenvalue weighted by molar-refractivity contribution is -0.133. The van der Waals surface area contributed by atoms with Crippen molar-refractivity contribution in [2.24, 2.45) is 5.41 Å². The van der Waals surface area contributed by atoms with Gasteiger partial charge in [0.05, 0.1) is 13.2 Å². The van der Waals surface area contributed by atoms with Gasteiger partial charge in [0.2, 0.25) is 11.8 Å². The summed E-state index contributed by atoms with van der Waals surface area (Å²) >= 11 is 0. The molecule has 426 valence electrons. The van der Waals surface area contributed by atoms with E-state index in [-0.39, 0.29) is 22.6 Å². The third-order valence-electron chi connectivity index (χ3n) is 14.9. The van der Waals surface area contributed by atoms with Gasteiger partial charge in [-0.05, 0) is 58.9 Å². The Morgan fingerprint density at radius 2 is 0.800 bits per heavy atom. The van der Waals surface area contributed by atoms with Crippen LogP contribution in [0.4, 0.5) is 0 Å². The number of hydrogen-bond acceptors (Lipinski definition) is 4. The molecule has 2 amide bonds. The fourth-order valence-corrected chi connectivity index (χ4v) is 10.6. The Balaban J connectivity index is 0.000000585. The predicted molar refractivity (Wildman–Crippen MR) is 324 cm³/mol. The molecule has 6 nitrogen and oxygen atoms in total. The number of amides is 2. The molecule has 0 saturated heterocycles. The Kier molecular flexibility index (Phi) is 39.9. The first-order valence-corrected chi connectivity index (χ1v) is 31.2. The van der Waals surface area contributed by atoms with Crippen molar-refractivity contribution in [2.45, 2.75) is 279 Å². The van der Waals surface area contributed by atoms with Crippen LogP contribution in [0.3, 0.4) is 0 Å². The van der Waals surface area contributed by atoms with Crippen molar-refractivity contribution in [3.8, 4) is 5.75 Å². The van der Waals surface area contributed by atoms with E-state index in [1.54, 1.807) is 0 Å². The van der Waals surface area contributed by atoms with Crippen molar-refractivity contribution in [1.82, 2.24) is 9.80 Å². The standard InChI is InChI=1S/C43H71NO3.C26H45NO/c1-7-8-9-10-11-12-13-14-15-16-17-18-19-20-24-27-41(45)44(36-38-25-22-21-23-26-38)32-33-46-34-35-47-40-30-28-39(29-31-40)43(5,6)37-42(2,3)4;1-3-4-5-6-7-8-9-10-11-12-13-14-15-16-20-23-26(28)27(2)24-25-21-18-17-19-22-25/h21-23,25-26,28-31H,7-20,24,27,32-37H2,1-6H3;17-19,21-22H,3-16,20,23-24H2,1-2H3. The molecule has 0 saturated carbocycles. The van der Waals surface area contributed by atoms with Gasteiger partial charge in [-0.1, -0.05) is 301 Å². The lowest BCUT2D eigenvalue weighted by Gasteiger charge is -2.33. The molecule has 0 aliphatic heterocycles. The second-order valence-electron chi connectivity index (χ2n) is 24.0. The fraction of sp³-hybridized carbons (Fsp3) is 0.710. The molecule has 75 heavy (non-hydrogen) atoms. The minimum atomic E-state index is 0.120. The maximum absolute atomic E-state index is 13.2. The molecule has 3 aromatic carbocycles. The number of benzene rings is 3. The van der Waals surface area contributed by atoms with Gasteiger partial charge < -0.3 is 19.3 Å². The number of rotatable bonds is 45. The Morgan fingerprint density at radius 3 is 1.20 bits per heavy atom. The van der Waals surface area contributed by atoms with Crippen LogP contribution in [0.15, 0.2) is 84.9 Å². The molecular formula is C69H116N2O4. The van der Waals surface area contributed by atoms with Gasteiger partial charge in [0.15, 0.2) is 0 Å². The molecule has 0 heterocycles. The van der Waals surface area contributed by atoms with E-state index in [2.05, 4.69) is 97.0 Å². The van der Waals surface area contributed by atoms with Crippen molar-refractivity contribution in [3.63, 3.8) is 0 Å². The zero-order valence-electron chi connectivity index (χ0n) is 50.2. The SMILES string of the molecule is CCCCCCCCCCCCCCCCCC(=O)N(C)Cc1ccccc1.CCCCCCCCCCCCCCCCCC(=O)N(CCOCCOc1ccc(C(C)(C)CC(C)(C)C)cc1)Cc1ccccc1. The summed E-state index contributed by atoms with van der Waals surface area (Å²) in [6.45, 7) is 19.6. The second kappa shape index (κ2) is 44.4. The molecule has 0 aromatic heterocycles. The quantitative estimate of drug-likeness (QED) is 0.0529. The highest BCUT2D eigenvalue weighted by atomic mass is 16.5. The van der Waals surface area contributed by atoms with E-state index < -0.39 is 0 Å². The lowest BCUT2D eigenvalue weighted by atomic mass is 9.72. The van der Waals surface area contributed by atoms with E-state index >= 15 is 0 Å². The largest absolute Gasteiger partial charge is 0.491 e. The van der Waals surface area contributed by atoms with Gasteiger partial charge in [-0.3, -0.25) is 9.59 Å². The van der Waals surface area contributed by atoms with E-state index in [4.69, 9.17) is 9.47 Å². The lowest BCUT2D eigenvalue weighted by Crippen LogP contribution is -2.33. The summed E-state index contributed by atoms with van der Waals surface area (Å²) in [5, 5.41) is 0. The van der Waals surface area contributed by atoms with Gasteiger partial charge in [0.25, 0.3) is 0 Å². The number of ether oxygens (including phenoxy) is 2. The summed E-state index contributed by atoms with van der Waals surface area (Å²) in [5.74, 6) is 1.38. The summed E-state index contributed by atoms with van der Waals surface area (Å²) in [7, 11) is 1.92. The normalized spacial score (nSPS) is 11.6. The summed E-state index contributed by atoms with van der Waals surface area (Å²) in [6, 6.07) is 29.0. The molecule has 6 heteroatoms.